The Morgan fingerprint density at radius 2 is 1.56 bits per heavy atom. The normalized spacial score (nSPS) is 31.6. The first-order chi connectivity index (χ1) is 22.4. The van der Waals surface area contributed by atoms with Crippen molar-refractivity contribution in [2.45, 2.75) is 133 Å². The summed E-state index contributed by atoms with van der Waals surface area (Å²) in [7, 11) is -5.64. The molecule has 3 fully saturated rings. The van der Waals surface area contributed by atoms with Gasteiger partial charge in [-0.15, -0.1) is 0 Å². The third kappa shape index (κ3) is 7.77. The van der Waals surface area contributed by atoms with Crippen LogP contribution in [-0.4, -0.2) is 52.5 Å². The van der Waals surface area contributed by atoms with E-state index in [1.165, 1.54) is 0 Å². The maximum Gasteiger partial charge on any atom is 0.453 e. The van der Waals surface area contributed by atoms with Crippen molar-refractivity contribution in [2.24, 2.45) is 33.7 Å². The van der Waals surface area contributed by atoms with Crippen LogP contribution in [0.2, 0.25) is 0 Å². The Morgan fingerprint density at radius 1 is 0.938 bits per heavy atom. The number of nitrogens with two attached hydrogens (primary N) is 1. The lowest BCUT2D eigenvalue weighted by molar-refractivity contribution is -0.284. The van der Waals surface area contributed by atoms with Crippen molar-refractivity contribution in [1.29, 1.82) is 0 Å². The zero-order chi connectivity index (χ0) is 35.1. The second kappa shape index (κ2) is 14.3. The van der Waals surface area contributed by atoms with E-state index in [1.807, 2.05) is 6.07 Å². The molecule has 8 atom stereocenters. The van der Waals surface area contributed by atoms with E-state index in [9.17, 15) is 44.8 Å². The lowest BCUT2D eigenvalue weighted by atomic mass is 9.50. The first kappa shape index (κ1) is 37.9. The van der Waals surface area contributed by atoms with Crippen LogP contribution < -0.4 is 9.32 Å². The van der Waals surface area contributed by atoms with Crippen molar-refractivity contribution in [3.8, 4) is 5.75 Å². The van der Waals surface area contributed by atoms with Gasteiger partial charge >= 0.3 is 22.4 Å². The summed E-state index contributed by atoms with van der Waals surface area (Å²) in [5.41, 5.74) is 1.73. The molecule has 0 amide bonds. The largest absolute Gasteiger partial charge is 0.453 e. The van der Waals surface area contributed by atoms with E-state index in [-0.39, 0.29) is 52.1 Å². The molecule has 0 aromatic heterocycles. The van der Waals surface area contributed by atoms with Gasteiger partial charge in [-0.2, -0.15) is 35.5 Å². The van der Waals surface area contributed by atoms with E-state index in [0.29, 0.717) is 17.7 Å². The molecule has 1 spiro atoms. The van der Waals surface area contributed by atoms with Crippen LogP contribution in [0.1, 0.15) is 126 Å². The molecule has 274 valence electrons. The summed E-state index contributed by atoms with van der Waals surface area (Å²) < 4.78 is 103. The molecule has 5 rings (SSSR count). The lowest BCUT2D eigenvalue weighted by Crippen LogP contribution is -2.47. The Morgan fingerprint density at radius 3 is 2.19 bits per heavy atom. The molecular weight excluding hydrogens is 677 g/mol. The second-order valence-corrected chi connectivity index (χ2v) is 17.9. The van der Waals surface area contributed by atoms with Gasteiger partial charge in [0.05, 0.1) is 12.2 Å². The number of fused-ring (bicyclic) bond motifs is 6. The average molecular weight is 728 g/mol. The molecule has 0 aliphatic heterocycles. The Bertz CT molecular complexity index is 1420. The molecule has 4 aliphatic carbocycles. The molecule has 4 N–H and O–H groups in total. The Balaban J connectivity index is 1.12. The van der Waals surface area contributed by atoms with Gasteiger partial charge in [0, 0.05) is 34.1 Å². The number of halogens is 5. The van der Waals surface area contributed by atoms with Gasteiger partial charge in [-0.05, 0) is 104 Å². The minimum atomic E-state index is -5.58. The van der Waals surface area contributed by atoms with Crippen molar-refractivity contribution in [1.82, 2.24) is 0 Å². The number of aliphatic hydroxyl groups excluding tert-OH is 2. The highest BCUT2D eigenvalue weighted by Crippen LogP contribution is 2.76. The van der Waals surface area contributed by atoms with Crippen LogP contribution in [0, 0.1) is 28.6 Å². The Kier molecular flexibility index (Phi) is 11.3. The van der Waals surface area contributed by atoms with Gasteiger partial charge < -0.3 is 14.4 Å². The number of aliphatic hydroxyl groups is 2. The van der Waals surface area contributed by atoms with E-state index >= 15 is 0 Å². The van der Waals surface area contributed by atoms with Crippen molar-refractivity contribution in [3.63, 3.8) is 0 Å². The third-order valence-electron chi connectivity index (χ3n) is 12.3. The van der Waals surface area contributed by atoms with Crippen LogP contribution in [-0.2, 0) is 21.1 Å². The smallest absolute Gasteiger partial charge is 0.393 e. The summed E-state index contributed by atoms with van der Waals surface area (Å²) in [5.74, 6) is -3.91. The minimum Gasteiger partial charge on any atom is -0.393 e. The molecule has 7 nitrogen and oxygen atoms in total. The monoisotopic (exact) mass is 727 g/mol. The predicted octanol–water partition coefficient (Wildman–Crippen LogP) is 7.44. The summed E-state index contributed by atoms with van der Waals surface area (Å²) in [6.07, 6.45) is 3.22. The second-order valence-electron chi connectivity index (χ2n) is 15.0. The molecule has 1 aromatic carbocycles. The molecule has 3 saturated carbocycles. The number of rotatable bonds is 16. The summed E-state index contributed by atoms with van der Waals surface area (Å²) in [6.45, 7) is 2.35. The summed E-state index contributed by atoms with van der Waals surface area (Å²) >= 11 is 0. The molecule has 0 bridgehead atoms. The molecule has 4 aliphatic rings. The molecule has 0 heterocycles. The van der Waals surface area contributed by atoms with Crippen molar-refractivity contribution in [3.05, 3.63) is 29.3 Å². The van der Waals surface area contributed by atoms with Crippen molar-refractivity contribution < 1.29 is 49.0 Å². The fourth-order valence-electron chi connectivity index (χ4n) is 9.77. The molecule has 1 aromatic rings. The van der Waals surface area contributed by atoms with Crippen LogP contribution in [0.3, 0.4) is 0 Å². The highest BCUT2D eigenvalue weighted by molar-refractivity contribution is 7.85. The zero-order valence-corrected chi connectivity index (χ0v) is 29.2. The summed E-state index contributed by atoms with van der Waals surface area (Å²) in [5, 5.41) is 28.2. The van der Waals surface area contributed by atoms with E-state index in [0.717, 1.165) is 82.6 Å². The van der Waals surface area contributed by atoms with E-state index in [2.05, 4.69) is 6.92 Å². The minimum absolute atomic E-state index is 0.0139. The van der Waals surface area contributed by atoms with Gasteiger partial charge in [-0.25, -0.2) is 0 Å². The van der Waals surface area contributed by atoms with Gasteiger partial charge in [-0.1, -0.05) is 51.5 Å². The van der Waals surface area contributed by atoms with Crippen LogP contribution in [0.15, 0.2) is 18.2 Å². The number of unbranched alkanes of at least 4 members (excludes halogenated alkanes) is 6. The topological polar surface area (TPSA) is 127 Å². The standard InChI is InChI=1S/C34H50F5NO6S2/c1-31-15-13-24-23-12-11-22(46-48(40,44)45)20-26(23)30(42)25(29(24)27(31)21-28(41)32(31)16-17-32)10-7-5-3-2-4-6-8-18-47(43)19-9-14-33(35,36)34(37,38)39/h11-12,20,24-25,27-30,41-42H,2-10,13-19,21H2,1H3,(H2,40,44,45)/t24?,25-,27?,28+,29?,30-,31-,47?/m0/s1. The number of alkyl halides is 5. The molecule has 4 unspecified atom stereocenters. The lowest BCUT2D eigenvalue weighted by Gasteiger charge is -2.55. The number of benzene rings is 1. The van der Waals surface area contributed by atoms with Gasteiger partial charge in [0.1, 0.15) is 5.75 Å². The van der Waals surface area contributed by atoms with Crippen LogP contribution in [0.5, 0.6) is 5.75 Å². The van der Waals surface area contributed by atoms with E-state index < -0.39 is 52.1 Å². The fraction of sp³-hybridized carbons (Fsp3) is 0.824. The first-order valence-corrected chi connectivity index (χ1v) is 20.4. The predicted molar refractivity (Wildman–Crippen MR) is 173 cm³/mol. The van der Waals surface area contributed by atoms with Crippen LogP contribution >= 0.6 is 0 Å². The highest BCUT2D eigenvalue weighted by Gasteiger charge is 2.71. The Hall–Kier alpha value is -1.35. The van der Waals surface area contributed by atoms with Gasteiger partial charge in [0.15, 0.2) is 0 Å². The maximum atomic E-state index is 13.0. The van der Waals surface area contributed by atoms with Gasteiger partial charge in [0.2, 0.25) is 0 Å². The summed E-state index contributed by atoms with van der Waals surface area (Å²) in [6, 6.07) is 5.08. The number of hydrogen-bond donors (Lipinski definition) is 3. The van der Waals surface area contributed by atoms with Crippen molar-refractivity contribution >= 4 is 21.1 Å². The molecule has 0 saturated heterocycles. The number of hydrogen-bond acceptors (Lipinski definition) is 6. The summed E-state index contributed by atoms with van der Waals surface area (Å²) in [4.78, 5) is 0. The van der Waals surface area contributed by atoms with E-state index in [4.69, 9.17) is 9.32 Å². The average Bonchev–Trinajstić information content (AvgIpc) is 3.77. The zero-order valence-electron chi connectivity index (χ0n) is 27.5. The van der Waals surface area contributed by atoms with Crippen LogP contribution in [0.25, 0.3) is 0 Å². The molecule has 48 heavy (non-hydrogen) atoms. The van der Waals surface area contributed by atoms with Crippen molar-refractivity contribution in [2.75, 3.05) is 11.5 Å². The highest BCUT2D eigenvalue weighted by atomic mass is 32.2. The Labute approximate surface area is 283 Å². The van der Waals surface area contributed by atoms with Crippen LogP contribution in [0.4, 0.5) is 22.0 Å². The molecule has 14 heteroatoms. The maximum absolute atomic E-state index is 13.0. The SMILES string of the molecule is C[C@]12CCC3c4ccc(OS(N)(=O)=O)cc4[C@@H](O)[C@@H](CCCCCCCCCS(=O)CCCC(F)(F)C(F)(F)F)C3C1C[C@@H](O)C21CC1. The van der Waals surface area contributed by atoms with Gasteiger partial charge in [-0.3, -0.25) is 4.21 Å². The van der Waals surface area contributed by atoms with Gasteiger partial charge in [0.25, 0.3) is 0 Å². The van der Waals surface area contributed by atoms with E-state index in [1.54, 1.807) is 12.1 Å². The third-order valence-corrected chi connectivity index (χ3v) is 14.3. The first-order valence-electron chi connectivity index (χ1n) is 17.4. The quantitative estimate of drug-likeness (QED) is 0.120. The molecular formula is C34H50F5NO6S2. The fourth-order valence-corrected chi connectivity index (χ4v) is 11.3. The molecule has 0 radical (unpaired) electrons.